The summed E-state index contributed by atoms with van der Waals surface area (Å²) in [5.74, 6) is 0.826. The number of nitriles is 1. The number of aliphatic imine (C=N–C) groups is 1. The number of nitrogens with zero attached hydrogens (tertiary/aromatic N) is 3. The van der Waals surface area contributed by atoms with E-state index >= 15 is 0 Å². The number of hydrogen-bond acceptors (Lipinski definition) is 3. The standard InChI is InChI=1S/C15H21N5.HI/c1-11-5-4-8-18-14(11)10-19-15(17-2)20-13-7-3-6-12(13)9-16;/h4-5,8,12-13H,3,6-7,10H2,1-2H3,(H2,17,19,20);1H. The van der Waals surface area contributed by atoms with Crippen molar-refractivity contribution in [2.24, 2.45) is 10.9 Å². The Balaban J connectivity index is 0.00000220. The Bertz CT molecular complexity index is 523. The molecular weight excluding hydrogens is 377 g/mol. The zero-order valence-electron chi connectivity index (χ0n) is 12.5. The maximum atomic E-state index is 9.11. The largest absolute Gasteiger partial charge is 0.352 e. The lowest BCUT2D eigenvalue weighted by atomic mass is 10.1. The summed E-state index contributed by atoms with van der Waals surface area (Å²) in [6, 6.07) is 6.55. The number of guanidine groups is 1. The first kappa shape index (κ1) is 17.7. The van der Waals surface area contributed by atoms with Gasteiger partial charge in [-0.1, -0.05) is 6.07 Å². The average Bonchev–Trinajstić information content (AvgIpc) is 2.92. The fraction of sp³-hybridized carbons (Fsp3) is 0.533. The van der Waals surface area contributed by atoms with Crippen molar-refractivity contribution in [3.05, 3.63) is 29.6 Å². The number of aromatic nitrogens is 1. The van der Waals surface area contributed by atoms with Crippen molar-refractivity contribution in [1.82, 2.24) is 15.6 Å². The summed E-state index contributed by atoms with van der Waals surface area (Å²) in [6.45, 7) is 2.68. The SMILES string of the molecule is CN=C(NCc1ncccc1C)NC1CCCC1C#N.I. The summed E-state index contributed by atoms with van der Waals surface area (Å²) in [5.41, 5.74) is 2.17. The molecule has 6 heteroatoms. The molecule has 0 bridgehead atoms. The van der Waals surface area contributed by atoms with E-state index in [-0.39, 0.29) is 35.9 Å². The van der Waals surface area contributed by atoms with Gasteiger partial charge in [-0.05, 0) is 37.8 Å². The van der Waals surface area contributed by atoms with Gasteiger partial charge in [-0.15, -0.1) is 24.0 Å². The highest BCUT2D eigenvalue weighted by Crippen LogP contribution is 2.24. The van der Waals surface area contributed by atoms with Gasteiger partial charge in [0.15, 0.2) is 5.96 Å². The molecular formula is C15H22IN5. The van der Waals surface area contributed by atoms with Crippen molar-refractivity contribution in [1.29, 1.82) is 5.26 Å². The third-order valence-electron chi connectivity index (χ3n) is 3.77. The van der Waals surface area contributed by atoms with Gasteiger partial charge in [0.05, 0.1) is 24.2 Å². The highest BCUT2D eigenvalue weighted by molar-refractivity contribution is 14.0. The molecule has 5 nitrogen and oxygen atoms in total. The topological polar surface area (TPSA) is 73.1 Å². The highest BCUT2D eigenvalue weighted by atomic mass is 127. The minimum atomic E-state index is 0. The summed E-state index contributed by atoms with van der Waals surface area (Å²) < 4.78 is 0. The average molecular weight is 399 g/mol. The van der Waals surface area contributed by atoms with Crippen LogP contribution < -0.4 is 10.6 Å². The lowest BCUT2D eigenvalue weighted by molar-refractivity contribution is 0.532. The van der Waals surface area contributed by atoms with Crippen LogP contribution in [0.25, 0.3) is 0 Å². The first-order valence-corrected chi connectivity index (χ1v) is 7.02. The molecule has 2 rings (SSSR count). The van der Waals surface area contributed by atoms with Crippen molar-refractivity contribution in [3.8, 4) is 6.07 Å². The van der Waals surface area contributed by atoms with Crippen molar-refractivity contribution in [3.63, 3.8) is 0 Å². The van der Waals surface area contributed by atoms with Crippen LogP contribution >= 0.6 is 24.0 Å². The Morgan fingerprint density at radius 1 is 1.52 bits per heavy atom. The number of nitrogens with one attached hydrogen (secondary N) is 2. The van der Waals surface area contributed by atoms with Crippen molar-refractivity contribution in [2.45, 2.75) is 38.8 Å². The number of pyridine rings is 1. The molecule has 21 heavy (non-hydrogen) atoms. The van der Waals surface area contributed by atoms with Gasteiger partial charge in [-0.2, -0.15) is 5.26 Å². The van der Waals surface area contributed by atoms with Crippen molar-refractivity contribution in [2.75, 3.05) is 7.05 Å². The maximum absolute atomic E-state index is 9.11. The summed E-state index contributed by atoms with van der Waals surface area (Å²) in [6.07, 6.45) is 4.90. The Morgan fingerprint density at radius 3 is 3.00 bits per heavy atom. The lowest BCUT2D eigenvalue weighted by Crippen LogP contribution is -2.44. The third-order valence-corrected chi connectivity index (χ3v) is 3.77. The second kappa shape index (κ2) is 8.82. The molecule has 1 saturated carbocycles. The first-order chi connectivity index (χ1) is 9.74. The fourth-order valence-electron chi connectivity index (χ4n) is 2.53. The Hall–Kier alpha value is -1.36. The summed E-state index contributed by atoms with van der Waals surface area (Å²) >= 11 is 0. The van der Waals surface area contributed by atoms with E-state index in [0.717, 1.165) is 36.5 Å². The molecule has 1 heterocycles. The summed E-state index contributed by atoms with van der Waals surface area (Å²) in [7, 11) is 1.75. The number of halogens is 1. The second-order valence-electron chi connectivity index (χ2n) is 5.11. The van der Waals surface area contributed by atoms with Crippen LogP contribution in [0.3, 0.4) is 0 Å². The predicted molar refractivity (Wildman–Crippen MR) is 94.5 cm³/mol. The van der Waals surface area contributed by atoms with Gasteiger partial charge in [0.2, 0.25) is 0 Å². The molecule has 1 aliphatic carbocycles. The van der Waals surface area contributed by atoms with E-state index in [9.17, 15) is 0 Å². The molecule has 0 amide bonds. The molecule has 114 valence electrons. The lowest BCUT2D eigenvalue weighted by Gasteiger charge is -2.19. The Kier molecular flexibility index (Phi) is 7.43. The van der Waals surface area contributed by atoms with Gasteiger partial charge in [-0.25, -0.2) is 0 Å². The monoisotopic (exact) mass is 399 g/mol. The number of aryl methyl sites for hydroxylation is 1. The van der Waals surface area contributed by atoms with E-state index in [0.29, 0.717) is 6.54 Å². The second-order valence-corrected chi connectivity index (χ2v) is 5.11. The zero-order chi connectivity index (χ0) is 14.4. The van der Waals surface area contributed by atoms with Gasteiger partial charge < -0.3 is 10.6 Å². The summed E-state index contributed by atoms with van der Waals surface area (Å²) in [5, 5.41) is 15.7. The van der Waals surface area contributed by atoms with Crippen LogP contribution in [0.15, 0.2) is 23.3 Å². The van der Waals surface area contributed by atoms with Gasteiger partial charge in [0, 0.05) is 19.3 Å². The molecule has 2 atom stereocenters. The van der Waals surface area contributed by atoms with Crippen LogP contribution in [0.5, 0.6) is 0 Å². The van der Waals surface area contributed by atoms with Crippen LogP contribution in [-0.4, -0.2) is 24.0 Å². The van der Waals surface area contributed by atoms with Crippen LogP contribution in [0.2, 0.25) is 0 Å². The Labute approximate surface area is 143 Å². The normalized spacial score (nSPS) is 21.3. The molecule has 1 aromatic rings. The minimum Gasteiger partial charge on any atom is -0.352 e. The molecule has 0 aromatic carbocycles. The quantitative estimate of drug-likeness (QED) is 0.465. The molecule has 2 unspecified atom stereocenters. The van der Waals surface area contributed by atoms with E-state index in [1.165, 1.54) is 0 Å². The van der Waals surface area contributed by atoms with E-state index in [1.54, 1.807) is 13.2 Å². The van der Waals surface area contributed by atoms with Crippen LogP contribution in [0.4, 0.5) is 0 Å². The smallest absolute Gasteiger partial charge is 0.191 e. The molecule has 0 spiro atoms. The molecule has 1 aromatic heterocycles. The number of rotatable bonds is 3. The molecule has 1 aliphatic rings. The van der Waals surface area contributed by atoms with Crippen molar-refractivity contribution >= 4 is 29.9 Å². The Morgan fingerprint density at radius 2 is 2.33 bits per heavy atom. The predicted octanol–water partition coefficient (Wildman–Crippen LogP) is 2.37. The molecule has 0 aliphatic heterocycles. The van der Waals surface area contributed by atoms with Gasteiger partial charge >= 0.3 is 0 Å². The van der Waals surface area contributed by atoms with Gasteiger partial charge in [0.25, 0.3) is 0 Å². The molecule has 2 N–H and O–H groups in total. The van der Waals surface area contributed by atoms with Crippen molar-refractivity contribution < 1.29 is 0 Å². The number of hydrogen-bond donors (Lipinski definition) is 2. The molecule has 0 radical (unpaired) electrons. The highest BCUT2D eigenvalue weighted by Gasteiger charge is 2.27. The van der Waals surface area contributed by atoms with E-state index in [4.69, 9.17) is 5.26 Å². The third kappa shape index (κ3) is 4.84. The zero-order valence-corrected chi connectivity index (χ0v) is 14.8. The van der Waals surface area contributed by atoms with E-state index in [2.05, 4.69) is 26.7 Å². The molecule has 1 fully saturated rings. The minimum absolute atomic E-state index is 0. The van der Waals surface area contributed by atoms with E-state index in [1.807, 2.05) is 19.1 Å². The van der Waals surface area contributed by atoms with E-state index < -0.39 is 0 Å². The van der Waals surface area contributed by atoms with Gasteiger partial charge in [-0.3, -0.25) is 9.98 Å². The van der Waals surface area contributed by atoms with Crippen LogP contribution in [0, 0.1) is 24.2 Å². The molecule has 0 saturated heterocycles. The maximum Gasteiger partial charge on any atom is 0.191 e. The summed E-state index contributed by atoms with van der Waals surface area (Å²) in [4.78, 5) is 8.57. The fourth-order valence-corrected chi connectivity index (χ4v) is 2.53. The van der Waals surface area contributed by atoms with Crippen LogP contribution in [0.1, 0.15) is 30.5 Å². The van der Waals surface area contributed by atoms with Gasteiger partial charge in [0.1, 0.15) is 0 Å². The van der Waals surface area contributed by atoms with Crippen LogP contribution in [-0.2, 0) is 6.54 Å². The first-order valence-electron chi connectivity index (χ1n) is 7.02.